The lowest BCUT2D eigenvalue weighted by Gasteiger charge is -2.21. The molecule has 1 aromatic heterocycles. The Hall–Kier alpha value is -3.52. The number of nitrogens with two attached hydrogens (primary N) is 1. The van der Waals surface area contributed by atoms with Crippen LogP contribution in [0.5, 0.6) is 0 Å². The van der Waals surface area contributed by atoms with Gasteiger partial charge in [-0.05, 0) is 55.0 Å². The molecule has 27 heavy (non-hydrogen) atoms. The minimum atomic E-state index is -0.773. The third-order valence-corrected chi connectivity index (χ3v) is 4.54. The van der Waals surface area contributed by atoms with Gasteiger partial charge in [0, 0.05) is 30.4 Å². The topological polar surface area (TPSA) is 83.3 Å². The largest absolute Gasteiger partial charge is 0.457 e. The highest BCUT2D eigenvalue weighted by molar-refractivity contribution is 6.00. The zero-order valence-corrected chi connectivity index (χ0v) is 15.4. The molecule has 1 heterocycles. The lowest BCUT2D eigenvalue weighted by Crippen LogP contribution is -2.21. The second-order valence-electron chi connectivity index (χ2n) is 6.15. The van der Waals surface area contributed by atoms with Crippen LogP contribution in [0.3, 0.4) is 0 Å². The molecule has 0 atom stereocenters. The monoisotopic (exact) mass is 359 g/mol. The van der Waals surface area contributed by atoms with Gasteiger partial charge in [0.1, 0.15) is 23.2 Å². The molecule has 0 saturated heterocycles. The highest BCUT2D eigenvalue weighted by atomic mass is 16.3. The first-order valence-electron chi connectivity index (χ1n) is 8.86. The molecule has 2 N–H and O–H groups in total. The second kappa shape index (κ2) is 7.79. The average Bonchev–Trinajstić information content (AvgIpc) is 3.15. The SMILES string of the molecule is CCN(CC)c1ccc2cc(-c3ccc(C=C(C#N)C(N)=O)o3)ccc2c1. The number of carbonyl (C=O) groups excluding carboxylic acids is 1. The van der Waals surface area contributed by atoms with Crippen LogP contribution in [0.25, 0.3) is 28.2 Å². The van der Waals surface area contributed by atoms with E-state index in [1.165, 1.54) is 11.8 Å². The zero-order valence-electron chi connectivity index (χ0n) is 15.4. The Labute approximate surface area is 158 Å². The van der Waals surface area contributed by atoms with Gasteiger partial charge in [0.05, 0.1) is 0 Å². The summed E-state index contributed by atoms with van der Waals surface area (Å²) in [5.74, 6) is 0.306. The van der Waals surface area contributed by atoms with E-state index in [1.807, 2.05) is 12.1 Å². The van der Waals surface area contributed by atoms with E-state index in [9.17, 15) is 4.79 Å². The van der Waals surface area contributed by atoms with Crippen molar-refractivity contribution in [3.05, 3.63) is 59.9 Å². The molecule has 5 heteroatoms. The summed E-state index contributed by atoms with van der Waals surface area (Å²) < 4.78 is 5.75. The van der Waals surface area contributed by atoms with Gasteiger partial charge in [-0.25, -0.2) is 0 Å². The normalized spacial score (nSPS) is 11.4. The first kappa shape index (κ1) is 18.3. The molecule has 0 unspecified atom stereocenters. The number of carbonyl (C=O) groups is 1. The standard InChI is InChI=1S/C22H21N3O2/c1-3-25(4-2)19-8-7-15-11-17(6-5-16(15)12-19)21-10-9-20(27-21)13-18(14-23)22(24)26/h5-13H,3-4H2,1-2H3,(H2,24,26). The molecule has 0 radical (unpaired) electrons. The summed E-state index contributed by atoms with van der Waals surface area (Å²) in [6.07, 6.45) is 1.35. The summed E-state index contributed by atoms with van der Waals surface area (Å²) in [5.41, 5.74) is 7.15. The van der Waals surface area contributed by atoms with E-state index in [0.717, 1.165) is 29.4 Å². The lowest BCUT2D eigenvalue weighted by atomic mass is 10.0. The molecule has 3 rings (SSSR count). The number of fused-ring (bicyclic) bond motifs is 1. The van der Waals surface area contributed by atoms with E-state index in [2.05, 4.69) is 49.1 Å². The fourth-order valence-corrected chi connectivity index (χ4v) is 3.06. The van der Waals surface area contributed by atoms with E-state index in [1.54, 1.807) is 12.1 Å². The van der Waals surface area contributed by atoms with Gasteiger partial charge in [0.25, 0.3) is 5.91 Å². The Bertz CT molecular complexity index is 1050. The van der Waals surface area contributed by atoms with Gasteiger partial charge in [0.15, 0.2) is 0 Å². The van der Waals surface area contributed by atoms with Crippen molar-refractivity contribution in [2.75, 3.05) is 18.0 Å². The van der Waals surface area contributed by atoms with Gasteiger partial charge in [-0.2, -0.15) is 5.26 Å². The van der Waals surface area contributed by atoms with Crippen molar-refractivity contribution in [1.29, 1.82) is 5.26 Å². The molecule has 0 aliphatic carbocycles. The number of rotatable bonds is 6. The highest BCUT2D eigenvalue weighted by Gasteiger charge is 2.09. The Morgan fingerprint density at radius 2 is 1.81 bits per heavy atom. The van der Waals surface area contributed by atoms with Gasteiger partial charge in [-0.15, -0.1) is 0 Å². The van der Waals surface area contributed by atoms with Crippen molar-refractivity contribution in [2.24, 2.45) is 5.73 Å². The second-order valence-corrected chi connectivity index (χ2v) is 6.15. The third-order valence-electron chi connectivity index (χ3n) is 4.54. The molecule has 0 aliphatic rings. The Morgan fingerprint density at radius 3 is 2.48 bits per heavy atom. The van der Waals surface area contributed by atoms with E-state index in [4.69, 9.17) is 15.4 Å². The van der Waals surface area contributed by atoms with Crippen LogP contribution in [0.1, 0.15) is 19.6 Å². The molecule has 2 aromatic carbocycles. The number of amides is 1. The third kappa shape index (κ3) is 3.85. The number of anilines is 1. The smallest absolute Gasteiger partial charge is 0.259 e. The van der Waals surface area contributed by atoms with Gasteiger partial charge in [-0.1, -0.05) is 18.2 Å². The van der Waals surface area contributed by atoms with Crippen LogP contribution in [-0.4, -0.2) is 19.0 Å². The van der Waals surface area contributed by atoms with Gasteiger partial charge < -0.3 is 15.1 Å². The number of hydrogen-bond donors (Lipinski definition) is 1. The van der Waals surface area contributed by atoms with Crippen LogP contribution in [-0.2, 0) is 4.79 Å². The number of furan rings is 1. The van der Waals surface area contributed by atoms with Gasteiger partial charge in [-0.3, -0.25) is 4.79 Å². The molecular weight excluding hydrogens is 338 g/mol. The molecular formula is C22H21N3O2. The summed E-state index contributed by atoms with van der Waals surface area (Å²) in [5, 5.41) is 11.2. The molecule has 0 bridgehead atoms. The van der Waals surface area contributed by atoms with Crippen LogP contribution < -0.4 is 10.6 Å². The fraction of sp³-hybridized carbons (Fsp3) is 0.182. The number of primary amides is 1. The summed E-state index contributed by atoms with van der Waals surface area (Å²) >= 11 is 0. The predicted molar refractivity (Wildman–Crippen MR) is 108 cm³/mol. The van der Waals surface area contributed by atoms with Crippen molar-refractivity contribution in [3.63, 3.8) is 0 Å². The highest BCUT2D eigenvalue weighted by Crippen LogP contribution is 2.29. The van der Waals surface area contributed by atoms with Crippen molar-refractivity contribution in [2.45, 2.75) is 13.8 Å². The number of nitrogens with zero attached hydrogens (tertiary/aromatic N) is 2. The number of benzene rings is 2. The summed E-state index contributed by atoms with van der Waals surface area (Å²) in [4.78, 5) is 13.5. The summed E-state index contributed by atoms with van der Waals surface area (Å²) in [7, 11) is 0. The zero-order chi connectivity index (χ0) is 19.4. The van der Waals surface area contributed by atoms with Crippen molar-refractivity contribution in [1.82, 2.24) is 0 Å². The maximum Gasteiger partial charge on any atom is 0.259 e. The Morgan fingerprint density at radius 1 is 1.11 bits per heavy atom. The van der Waals surface area contributed by atoms with Crippen LogP contribution in [0, 0.1) is 11.3 Å². The van der Waals surface area contributed by atoms with E-state index in [-0.39, 0.29) is 5.57 Å². The molecule has 5 nitrogen and oxygen atoms in total. The quantitative estimate of drug-likeness (QED) is 0.524. The van der Waals surface area contributed by atoms with Crippen LogP contribution in [0.15, 0.2) is 58.5 Å². The van der Waals surface area contributed by atoms with Crippen molar-refractivity contribution < 1.29 is 9.21 Å². The molecule has 136 valence electrons. The maximum atomic E-state index is 11.2. The van der Waals surface area contributed by atoms with Crippen LogP contribution in [0.2, 0.25) is 0 Å². The maximum absolute atomic E-state index is 11.2. The van der Waals surface area contributed by atoms with Gasteiger partial charge >= 0.3 is 0 Å². The lowest BCUT2D eigenvalue weighted by molar-refractivity contribution is -0.114. The summed E-state index contributed by atoms with van der Waals surface area (Å²) in [6, 6.07) is 17.8. The minimum absolute atomic E-state index is 0.140. The minimum Gasteiger partial charge on any atom is -0.457 e. The summed E-state index contributed by atoms with van der Waals surface area (Å²) in [6.45, 7) is 6.24. The van der Waals surface area contributed by atoms with Crippen molar-refractivity contribution in [3.8, 4) is 17.4 Å². The Balaban J connectivity index is 1.93. The fourth-order valence-electron chi connectivity index (χ4n) is 3.06. The first-order valence-corrected chi connectivity index (χ1v) is 8.86. The number of nitriles is 1. The predicted octanol–water partition coefficient (Wildman–Crippen LogP) is 4.34. The van der Waals surface area contributed by atoms with Crippen LogP contribution in [0.4, 0.5) is 5.69 Å². The number of hydrogen-bond acceptors (Lipinski definition) is 4. The van der Waals surface area contributed by atoms with Gasteiger partial charge in [0.2, 0.25) is 0 Å². The molecule has 3 aromatic rings. The van der Waals surface area contributed by atoms with Crippen LogP contribution >= 0.6 is 0 Å². The van der Waals surface area contributed by atoms with Crippen molar-refractivity contribution >= 4 is 28.4 Å². The molecule has 1 amide bonds. The molecule has 0 fully saturated rings. The first-order chi connectivity index (χ1) is 13.0. The Kier molecular flexibility index (Phi) is 5.28. The molecule has 0 spiro atoms. The molecule has 0 saturated carbocycles. The average molecular weight is 359 g/mol. The van der Waals surface area contributed by atoms with E-state index in [0.29, 0.717) is 11.5 Å². The molecule has 0 aliphatic heterocycles. The van der Waals surface area contributed by atoms with E-state index < -0.39 is 5.91 Å². The van der Waals surface area contributed by atoms with E-state index >= 15 is 0 Å².